The van der Waals surface area contributed by atoms with Gasteiger partial charge in [-0.1, -0.05) is 45.4 Å². The van der Waals surface area contributed by atoms with Gasteiger partial charge in [-0.15, -0.1) is 0 Å². The van der Waals surface area contributed by atoms with Crippen LogP contribution < -0.4 is 33.0 Å². The summed E-state index contributed by atoms with van der Waals surface area (Å²) in [6.45, 7) is 13.5. The summed E-state index contributed by atoms with van der Waals surface area (Å²) in [6, 6.07) is 0. The average Bonchev–Trinajstić information content (AvgIpc) is 3.31. The highest BCUT2D eigenvalue weighted by Gasteiger charge is 2.18. The van der Waals surface area contributed by atoms with Crippen LogP contribution in [-0.2, 0) is 91.3 Å². The highest BCUT2D eigenvalue weighted by molar-refractivity contribution is 5.88. The molecule has 0 aromatic carbocycles. The van der Waals surface area contributed by atoms with Gasteiger partial charge in [-0.05, 0) is 46.5 Å². The molecule has 1 heterocycles. The number of hydrogen-bond donors (Lipinski definition) is 3. The smallest absolute Gasteiger partial charge is 0.337 e. The largest absolute Gasteiger partial charge is 0.462 e. The zero-order valence-corrected chi connectivity index (χ0v) is 40.5. The van der Waals surface area contributed by atoms with E-state index in [0.29, 0.717) is 69.0 Å². The zero-order chi connectivity index (χ0) is 52.4. The molecular formula is C46H68N6O18. The lowest BCUT2D eigenvalue weighted by atomic mass is 10.2. The van der Waals surface area contributed by atoms with Crippen LogP contribution in [0.1, 0.15) is 111 Å². The fourth-order valence-corrected chi connectivity index (χ4v) is 5.69. The number of aromatic nitrogens is 3. The maximum absolute atomic E-state index is 13.5. The van der Waals surface area contributed by atoms with Crippen LogP contribution in [0.15, 0.2) is 50.8 Å². The van der Waals surface area contributed by atoms with Crippen molar-refractivity contribution in [2.45, 2.75) is 130 Å². The molecule has 70 heavy (non-hydrogen) atoms. The van der Waals surface area contributed by atoms with Gasteiger partial charge in [0.15, 0.2) is 0 Å². The van der Waals surface area contributed by atoms with E-state index in [1.807, 2.05) is 0 Å². The molecule has 0 saturated carbocycles. The number of amides is 3. The van der Waals surface area contributed by atoms with E-state index in [4.69, 9.17) is 28.4 Å². The number of esters is 6. The van der Waals surface area contributed by atoms with Gasteiger partial charge in [0.05, 0.1) is 19.3 Å². The quantitative estimate of drug-likeness (QED) is 0.0361. The molecular weight excluding hydrogens is 925 g/mol. The third kappa shape index (κ3) is 27.0. The van der Waals surface area contributed by atoms with E-state index in [2.05, 4.69) is 35.7 Å². The van der Waals surface area contributed by atoms with E-state index in [-0.39, 0.29) is 120 Å². The predicted octanol–water partition coefficient (Wildman–Crippen LogP) is 0.927. The summed E-state index contributed by atoms with van der Waals surface area (Å²) in [7, 11) is 0. The Bertz CT molecular complexity index is 2070. The van der Waals surface area contributed by atoms with Crippen molar-refractivity contribution in [3.8, 4) is 0 Å². The zero-order valence-electron chi connectivity index (χ0n) is 40.5. The number of ether oxygens (including phenoxy) is 6. The van der Waals surface area contributed by atoms with Crippen molar-refractivity contribution in [2.24, 2.45) is 0 Å². The van der Waals surface area contributed by atoms with Crippen molar-refractivity contribution in [1.82, 2.24) is 29.7 Å². The van der Waals surface area contributed by atoms with Gasteiger partial charge in [-0.3, -0.25) is 28.8 Å². The van der Waals surface area contributed by atoms with Crippen LogP contribution in [0.2, 0.25) is 0 Å². The van der Waals surface area contributed by atoms with Crippen LogP contribution in [-0.4, -0.2) is 120 Å². The van der Waals surface area contributed by atoms with Gasteiger partial charge in [0.25, 0.3) is 0 Å². The maximum Gasteiger partial charge on any atom is 0.337 e. The topological polar surface area (TPSA) is 311 Å². The van der Waals surface area contributed by atoms with Gasteiger partial charge in [0.1, 0.15) is 46.3 Å². The summed E-state index contributed by atoms with van der Waals surface area (Å²) in [5.41, 5.74) is -2.17. The van der Waals surface area contributed by atoms with Crippen molar-refractivity contribution in [3.63, 3.8) is 0 Å². The molecule has 3 amide bonds. The van der Waals surface area contributed by atoms with Gasteiger partial charge in [-0.25, -0.2) is 42.5 Å². The molecule has 0 unspecified atom stereocenters. The fourth-order valence-electron chi connectivity index (χ4n) is 5.69. The number of nitrogens with zero attached hydrogens (tertiary/aromatic N) is 3. The lowest BCUT2D eigenvalue weighted by molar-refractivity contribution is -0.150. The normalized spacial score (nSPS) is 10.5. The standard InChI is InChI=1S/C46H68N6O18/c1-32(2)41(59)68-28-25-65-38(56)18-15-35(53)47-21-11-7-9-13-23-50-44(62)51(24-14-10-8-12-22-48-36(54)16-19-39(57)66-26-29-69-42(60)33(3)4)46(64)52(45(50)63)31-49-37(55)17-20-40(58)67-27-30-70-43(61)34(5)6/h1,3,5,7-31H2,2,4,6H3,(H,47,53)(H,48,54)(H,49,55). The Balaban J connectivity index is 2.73. The van der Waals surface area contributed by atoms with Crippen LogP contribution >= 0.6 is 0 Å². The number of carbonyl (C=O) groups is 9. The van der Waals surface area contributed by atoms with Gasteiger partial charge >= 0.3 is 52.9 Å². The second kappa shape index (κ2) is 35.0. The summed E-state index contributed by atoms with van der Waals surface area (Å²) in [6.07, 6.45) is 2.73. The number of unbranched alkanes of at least 4 members (excludes halogenated alkanes) is 6. The highest BCUT2D eigenvalue weighted by atomic mass is 16.6. The summed E-state index contributed by atoms with van der Waals surface area (Å²) in [5, 5.41) is 7.82. The van der Waals surface area contributed by atoms with Crippen LogP contribution in [0.25, 0.3) is 0 Å². The van der Waals surface area contributed by atoms with E-state index in [1.165, 1.54) is 20.8 Å². The van der Waals surface area contributed by atoms with Gasteiger partial charge in [0.2, 0.25) is 17.7 Å². The number of hydrogen-bond acceptors (Lipinski definition) is 18. The molecule has 24 heteroatoms. The minimum absolute atomic E-state index is 0.0669. The molecule has 3 N–H and O–H groups in total. The van der Waals surface area contributed by atoms with E-state index < -0.39 is 65.5 Å². The Hall–Kier alpha value is -7.14. The minimum atomic E-state index is -0.956. The molecule has 0 radical (unpaired) electrons. The SMILES string of the molecule is C=C(C)C(=O)OCCOC(=O)CCC(=O)NCCCCCCn1c(=O)n(CCCCCCNC(=O)CCC(=O)OCCOC(=O)C(=C)C)c(=O)n(CNC(=O)CCC(=O)OCCOC(=O)C(=C)C)c1=O. The molecule has 0 atom stereocenters. The Morgan fingerprint density at radius 2 is 0.671 bits per heavy atom. The first-order valence-corrected chi connectivity index (χ1v) is 22.9. The summed E-state index contributed by atoms with van der Waals surface area (Å²) in [5.74, 6) is -5.33. The second-order valence-corrected chi connectivity index (χ2v) is 15.8. The molecule has 390 valence electrons. The Kier molecular flexibility index (Phi) is 30.5. The number of nitrogens with one attached hydrogen (secondary N) is 3. The van der Waals surface area contributed by atoms with Gasteiger partial charge in [-0.2, -0.15) is 0 Å². The lowest BCUT2D eigenvalue weighted by Crippen LogP contribution is -2.56. The van der Waals surface area contributed by atoms with Crippen molar-refractivity contribution >= 4 is 53.5 Å². The van der Waals surface area contributed by atoms with Crippen molar-refractivity contribution in [3.05, 3.63) is 67.9 Å². The molecule has 24 nitrogen and oxygen atoms in total. The summed E-state index contributed by atoms with van der Waals surface area (Å²) < 4.78 is 31.8. The first-order valence-electron chi connectivity index (χ1n) is 22.9. The van der Waals surface area contributed by atoms with E-state index >= 15 is 0 Å². The third-order valence-corrected chi connectivity index (χ3v) is 9.53. The average molecular weight is 993 g/mol. The van der Waals surface area contributed by atoms with Crippen molar-refractivity contribution < 1.29 is 71.6 Å². The lowest BCUT2D eigenvalue weighted by Gasteiger charge is -2.15. The molecule has 0 bridgehead atoms. The monoisotopic (exact) mass is 992 g/mol. The summed E-state index contributed by atoms with van der Waals surface area (Å²) in [4.78, 5) is 148. The van der Waals surface area contributed by atoms with Crippen LogP contribution in [0.5, 0.6) is 0 Å². The number of rotatable bonds is 37. The highest BCUT2D eigenvalue weighted by Crippen LogP contribution is 2.04. The van der Waals surface area contributed by atoms with Crippen LogP contribution in [0, 0.1) is 0 Å². The van der Waals surface area contributed by atoms with Crippen molar-refractivity contribution in [2.75, 3.05) is 52.7 Å². The van der Waals surface area contributed by atoms with E-state index in [1.54, 1.807) is 0 Å². The molecule has 0 aliphatic rings. The molecule has 0 fully saturated rings. The Morgan fingerprint density at radius 3 is 1.00 bits per heavy atom. The first-order chi connectivity index (χ1) is 33.2. The minimum Gasteiger partial charge on any atom is -0.462 e. The van der Waals surface area contributed by atoms with Crippen molar-refractivity contribution in [1.29, 1.82) is 0 Å². The van der Waals surface area contributed by atoms with E-state index in [9.17, 15) is 57.5 Å². The second-order valence-electron chi connectivity index (χ2n) is 15.8. The van der Waals surface area contributed by atoms with Crippen LogP contribution in [0.4, 0.5) is 0 Å². The predicted molar refractivity (Wildman–Crippen MR) is 248 cm³/mol. The molecule has 1 aromatic heterocycles. The molecule has 0 aliphatic heterocycles. The van der Waals surface area contributed by atoms with Gasteiger partial charge < -0.3 is 44.4 Å². The molecule has 1 rings (SSSR count). The molecule has 0 saturated heterocycles. The molecule has 1 aromatic rings. The van der Waals surface area contributed by atoms with Crippen LogP contribution in [0.3, 0.4) is 0 Å². The van der Waals surface area contributed by atoms with Gasteiger partial charge in [0, 0.05) is 62.2 Å². The Morgan fingerprint density at radius 1 is 0.386 bits per heavy atom. The molecule has 0 aliphatic carbocycles. The summed E-state index contributed by atoms with van der Waals surface area (Å²) >= 11 is 0. The van der Waals surface area contributed by atoms with E-state index in [0.717, 1.165) is 9.13 Å². The molecule has 0 spiro atoms. The maximum atomic E-state index is 13.5. The Labute approximate surface area is 405 Å². The fraction of sp³-hybridized carbons (Fsp3) is 0.609. The number of carbonyl (C=O) groups excluding carboxylic acids is 9. The first kappa shape index (κ1) is 60.9. The third-order valence-electron chi connectivity index (χ3n) is 9.53.